The lowest BCUT2D eigenvalue weighted by atomic mass is 10.1. The van der Waals surface area contributed by atoms with Gasteiger partial charge in [-0.1, -0.05) is 12.1 Å². The van der Waals surface area contributed by atoms with Gasteiger partial charge in [-0.25, -0.2) is 9.50 Å². The third kappa shape index (κ3) is 3.93. The number of pyridine rings is 1. The van der Waals surface area contributed by atoms with Crippen LogP contribution in [0.1, 0.15) is 16.1 Å². The Morgan fingerprint density at radius 1 is 1.13 bits per heavy atom. The molecule has 152 valence electrons. The fraction of sp³-hybridized carbons (Fsp3) is 0.100. The molecule has 4 rings (SSSR count). The highest BCUT2D eigenvalue weighted by atomic mass is 19.4. The number of carbonyl (C=O) groups excluding carboxylic acids is 1. The highest BCUT2D eigenvalue weighted by molar-refractivity contribution is 6.08. The number of anilines is 1. The molecule has 10 heteroatoms. The molecule has 0 aliphatic heterocycles. The molecule has 0 atom stereocenters. The van der Waals surface area contributed by atoms with Gasteiger partial charge in [-0.2, -0.15) is 5.10 Å². The van der Waals surface area contributed by atoms with Gasteiger partial charge < -0.3 is 10.1 Å². The number of rotatable bonds is 4. The van der Waals surface area contributed by atoms with E-state index in [0.29, 0.717) is 11.4 Å². The summed E-state index contributed by atoms with van der Waals surface area (Å²) in [7, 11) is 0. The van der Waals surface area contributed by atoms with E-state index in [0.717, 1.165) is 0 Å². The molecule has 0 radical (unpaired) electrons. The summed E-state index contributed by atoms with van der Waals surface area (Å²) >= 11 is 0. The highest BCUT2D eigenvalue weighted by Crippen LogP contribution is 2.33. The van der Waals surface area contributed by atoms with Gasteiger partial charge in [0.25, 0.3) is 5.91 Å². The molecule has 1 N–H and O–H groups in total. The monoisotopic (exact) mass is 413 g/mol. The lowest BCUT2D eigenvalue weighted by molar-refractivity contribution is -0.274. The second-order valence-corrected chi connectivity index (χ2v) is 6.27. The van der Waals surface area contributed by atoms with Crippen molar-refractivity contribution in [3.8, 4) is 17.0 Å². The first-order valence-electron chi connectivity index (χ1n) is 8.74. The van der Waals surface area contributed by atoms with Crippen molar-refractivity contribution in [2.24, 2.45) is 0 Å². The topological polar surface area (TPSA) is 81.4 Å². The number of nitrogens with one attached hydrogen (secondary N) is 1. The van der Waals surface area contributed by atoms with Crippen molar-refractivity contribution in [1.82, 2.24) is 19.6 Å². The van der Waals surface area contributed by atoms with Crippen molar-refractivity contribution in [1.29, 1.82) is 0 Å². The smallest absolute Gasteiger partial charge is 0.405 e. The summed E-state index contributed by atoms with van der Waals surface area (Å²) in [5, 5.41) is 6.83. The summed E-state index contributed by atoms with van der Waals surface area (Å²) in [5.41, 5.74) is 1.85. The number of fused-ring (bicyclic) bond motifs is 1. The van der Waals surface area contributed by atoms with Gasteiger partial charge in [-0.3, -0.25) is 9.78 Å². The van der Waals surface area contributed by atoms with Crippen LogP contribution in [0.2, 0.25) is 0 Å². The van der Waals surface area contributed by atoms with E-state index in [1.165, 1.54) is 41.2 Å². The number of ether oxygens (including phenoxy) is 1. The summed E-state index contributed by atoms with van der Waals surface area (Å²) in [6, 6.07) is 10.5. The molecule has 1 aromatic carbocycles. The SMILES string of the molecule is Cc1ncccc1NC(=O)c1cnn2ccc(-c3ccccc3OC(F)(F)F)nc12. The van der Waals surface area contributed by atoms with E-state index in [9.17, 15) is 18.0 Å². The molecule has 4 aromatic rings. The lowest BCUT2D eigenvalue weighted by Gasteiger charge is -2.13. The van der Waals surface area contributed by atoms with Crippen molar-refractivity contribution in [3.63, 3.8) is 0 Å². The van der Waals surface area contributed by atoms with Crippen molar-refractivity contribution in [2.45, 2.75) is 13.3 Å². The number of para-hydroxylation sites is 1. The standard InChI is InChI=1S/C20H14F3N5O2/c1-12-15(6-4-9-24-12)27-19(29)14-11-25-28-10-8-16(26-18(14)28)13-5-2-3-7-17(13)30-20(21,22)23/h2-11H,1H3,(H,27,29). The van der Waals surface area contributed by atoms with Crippen LogP contribution in [-0.2, 0) is 0 Å². The molecule has 7 nitrogen and oxygen atoms in total. The van der Waals surface area contributed by atoms with Crippen LogP contribution in [0.3, 0.4) is 0 Å². The Labute approximate surface area is 168 Å². The largest absolute Gasteiger partial charge is 0.573 e. The minimum Gasteiger partial charge on any atom is -0.405 e. The zero-order valence-corrected chi connectivity index (χ0v) is 15.5. The Bertz CT molecular complexity index is 1240. The van der Waals surface area contributed by atoms with Crippen LogP contribution >= 0.6 is 0 Å². The first-order valence-corrected chi connectivity index (χ1v) is 8.74. The van der Waals surface area contributed by atoms with Crippen LogP contribution in [0.15, 0.2) is 61.1 Å². The fourth-order valence-corrected chi connectivity index (χ4v) is 2.88. The van der Waals surface area contributed by atoms with Gasteiger partial charge >= 0.3 is 6.36 Å². The Morgan fingerprint density at radius 3 is 2.70 bits per heavy atom. The van der Waals surface area contributed by atoms with Crippen LogP contribution in [0.25, 0.3) is 16.9 Å². The average molecular weight is 413 g/mol. The molecule has 0 spiro atoms. The van der Waals surface area contributed by atoms with E-state index in [-0.39, 0.29) is 22.5 Å². The summed E-state index contributed by atoms with van der Waals surface area (Å²) in [4.78, 5) is 21.2. The quantitative estimate of drug-likeness (QED) is 0.541. The van der Waals surface area contributed by atoms with Crippen molar-refractivity contribution >= 4 is 17.2 Å². The maximum atomic E-state index is 12.7. The van der Waals surface area contributed by atoms with Gasteiger partial charge in [0.15, 0.2) is 5.65 Å². The zero-order chi connectivity index (χ0) is 21.3. The van der Waals surface area contributed by atoms with Crippen molar-refractivity contribution < 1.29 is 22.7 Å². The fourth-order valence-electron chi connectivity index (χ4n) is 2.88. The van der Waals surface area contributed by atoms with Crippen LogP contribution in [0.5, 0.6) is 5.75 Å². The number of hydrogen-bond acceptors (Lipinski definition) is 5. The Hall–Kier alpha value is -3.95. The summed E-state index contributed by atoms with van der Waals surface area (Å²) < 4.78 is 43.7. The Kier molecular flexibility index (Phi) is 4.82. The maximum absolute atomic E-state index is 12.7. The van der Waals surface area contributed by atoms with E-state index in [1.54, 1.807) is 31.3 Å². The minimum atomic E-state index is -4.84. The van der Waals surface area contributed by atoms with Crippen LogP contribution in [0.4, 0.5) is 18.9 Å². The van der Waals surface area contributed by atoms with E-state index < -0.39 is 18.0 Å². The lowest BCUT2D eigenvalue weighted by Crippen LogP contribution is -2.17. The van der Waals surface area contributed by atoms with Gasteiger partial charge in [0.1, 0.15) is 11.3 Å². The van der Waals surface area contributed by atoms with Gasteiger partial charge in [-0.15, -0.1) is 13.2 Å². The molecular weight excluding hydrogens is 399 g/mol. The van der Waals surface area contributed by atoms with Gasteiger partial charge in [0.05, 0.1) is 23.3 Å². The van der Waals surface area contributed by atoms with E-state index in [2.05, 4.69) is 25.1 Å². The number of carbonyl (C=O) groups is 1. The van der Waals surface area contributed by atoms with E-state index >= 15 is 0 Å². The van der Waals surface area contributed by atoms with Crippen molar-refractivity contribution in [3.05, 3.63) is 72.3 Å². The summed E-state index contributed by atoms with van der Waals surface area (Å²) in [5.74, 6) is -0.857. The van der Waals surface area contributed by atoms with Gasteiger partial charge in [-0.05, 0) is 37.3 Å². The van der Waals surface area contributed by atoms with Crippen LogP contribution in [0, 0.1) is 6.92 Å². The molecule has 0 unspecified atom stereocenters. The van der Waals surface area contributed by atoms with Crippen LogP contribution < -0.4 is 10.1 Å². The molecule has 0 saturated heterocycles. The van der Waals surface area contributed by atoms with Crippen LogP contribution in [-0.4, -0.2) is 31.9 Å². The van der Waals surface area contributed by atoms with Gasteiger partial charge in [0, 0.05) is 18.0 Å². The molecule has 0 saturated carbocycles. The Morgan fingerprint density at radius 2 is 1.93 bits per heavy atom. The number of halogens is 3. The molecule has 0 aliphatic rings. The number of amides is 1. The predicted octanol–water partition coefficient (Wildman–Crippen LogP) is 4.25. The zero-order valence-electron chi connectivity index (χ0n) is 15.5. The molecule has 3 heterocycles. The highest BCUT2D eigenvalue weighted by Gasteiger charge is 2.32. The second kappa shape index (κ2) is 7.47. The number of benzene rings is 1. The first kappa shape index (κ1) is 19.4. The summed E-state index contributed by atoms with van der Waals surface area (Å²) in [6.45, 7) is 1.75. The van der Waals surface area contributed by atoms with E-state index in [1.807, 2.05) is 0 Å². The summed E-state index contributed by atoms with van der Waals surface area (Å²) in [6.07, 6.45) is -0.391. The maximum Gasteiger partial charge on any atom is 0.573 e. The number of alkyl halides is 3. The molecule has 0 aliphatic carbocycles. The Balaban J connectivity index is 1.73. The third-order valence-corrected chi connectivity index (χ3v) is 4.26. The molecule has 30 heavy (non-hydrogen) atoms. The molecule has 0 fully saturated rings. The van der Waals surface area contributed by atoms with Gasteiger partial charge in [0.2, 0.25) is 0 Å². The molecule has 1 amide bonds. The molecule has 0 bridgehead atoms. The molecule has 3 aromatic heterocycles. The first-order chi connectivity index (χ1) is 14.3. The normalized spacial score (nSPS) is 11.5. The number of hydrogen-bond donors (Lipinski definition) is 1. The molecular formula is C20H14F3N5O2. The number of aryl methyl sites for hydroxylation is 1. The minimum absolute atomic E-state index is 0.132. The number of aromatic nitrogens is 4. The average Bonchev–Trinajstić information content (AvgIpc) is 3.12. The second-order valence-electron chi connectivity index (χ2n) is 6.27. The van der Waals surface area contributed by atoms with E-state index in [4.69, 9.17) is 0 Å². The van der Waals surface area contributed by atoms with Crippen molar-refractivity contribution in [2.75, 3.05) is 5.32 Å². The predicted molar refractivity (Wildman–Crippen MR) is 102 cm³/mol. The third-order valence-electron chi connectivity index (χ3n) is 4.26. The number of nitrogens with zero attached hydrogens (tertiary/aromatic N) is 4.